The average molecular weight is 390 g/mol. The Labute approximate surface area is 170 Å². The zero-order chi connectivity index (χ0) is 19.3. The summed E-state index contributed by atoms with van der Waals surface area (Å²) in [6.07, 6.45) is 1.84. The van der Waals surface area contributed by atoms with Crippen molar-refractivity contribution in [2.45, 2.75) is 5.41 Å². The number of fused-ring (bicyclic) bond motifs is 2. The fourth-order valence-corrected chi connectivity index (χ4v) is 5.77. The minimum Gasteiger partial charge on any atom is -0.454 e. The highest BCUT2D eigenvalue weighted by Crippen LogP contribution is 2.33. The van der Waals surface area contributed by atoms with Gasteiger partial charge in [0, 0.05) is 0 Å². The molecule has 4 bridgehead atoms. The Hall–Kier alpha value is -2.70. The molecule has 0 spiro atoms. The van der Waals surface area contributed by atoms with Crippen LogP contribution in [-0.4, -0.2) is 58.0 Å². The first kappa shape index (κ1) is 17.2. The van der Waals surface area contributed by atoms with Gasteiger partial charge in [0.15, 0.2) is 11.5 Å². The number of rotatable bonds is 3. The molecule has 0 amide bonds. The summed E-state index contributed by atoms with van der Waals surface area (Å²) in [5.41, 5.74) is 3.68. The first-order chi connectivity index (χ1) is 14.3. The van der Waals surface area contributed by atoms with E-state index in [4.69, 9.17) is 14.6 Å². The molecule has 5 aliphatic rings. The second-order valence-electron chi connectivity index (χ2n) is 8.75. The minimum absolute atomic E-state index is 0.00974. The summed E-state index contributed by atoms with van der Waals surface area (Å²) < 4.78 is 10.9. The lowest BCUT2D eigenvalue weighted by Gasteiger charge is -2.46. The normalized spacial score (nSPS) is 33.5. The van der Waals surface area contributed by atoms with Crippen LogP contribution in [-0.2, 0) is 5.41 Å². The van der Waals surface area contributed by atoms with Crippen LogP contribution in [0.1, 0.15) is 11.1 Å². The molecule has 2 atom stereocenters. The van der Waals surface area contributed by atoms with Crippen LogP contribution in [0.2, 0.25) is 0 Å². The van der Waals surface area contributed by atoms with Crippen LogP contribution >= 0.6 is 0 Å². The number of quaternary nitrogens is 2. The molecule has 2 N–H and O–H groups in total. The fourth-order valence-electron chi connectivity index (χ4n) is 5.77. The van der Waals surface area contributed by atoms with Gasteiger partial charge in [-0.15, -0.1) is 0 Å². The van der Waals surface area contributed by atoms with Crippen molar-refractivity contribution >= 4 is 11.9 Å². The van der Waals surface area contributed by atoms with Gasteiger partial charge in [-0.05, 0) is 29.3 Å². The minimum atomic E-state index is 0.00974. The van der Waals surface area contributed by atoms with Gasteiger partial charge in [-0.1, -0.05) is 30.3 Å². The molecule has 148 valence electrons. The van der Waals surface area contributed by atoms with Gasteiger partial charge in [0.05, 0.1) is 44.0 Å². The molecule has 0 aromatic heterocycles. The molecule has 4 saturated heterocycles. The van der Waals surface area contributed by atoms with E-state index in [-0.39, 0.29) is 12.2 Å². The van der Waals surface area contributed by atoms with Crippen LogP contribution in [0.15, 0.2) is 58.7 Å². The molecule has 2 aromatic carbocycles. The molecule has 0 saturated carbocycles. The molecule has 0 aliphatic carbocycles. The molecule has 7 rings (SSSR count). The number of piperidine rings is 2. The zero-order valence-corrected chi connectivity index (χ0v) is 16.4. The topological polar surface area (TPSA) is 52.1 Å². The summed E-state index contributed by atoms with van der Waals surface area (Å²) >= 11 is 0. The highest BCUT2D eigenvalue weighted by atomic mass is 16.7. The summed E-state index contributed by atoms with van der Waals surface area (Å²) in [5, 5.41) is 9.45. The van der Waals surface area contributed by atoms with Crippen LogP contribution < -0.4 is 19.3 Å². The third-order valence-electron chi connectivity index (χ3n) is 6.98. The largest absolute Gasteiger partial charge is 0.454 e. The molecular formula is C23H26N4O2+2. The van der Waals surface area contributed by atoms with E-state index in [1.54, 1.807) is 9.80 Å². The van der Waals surface area contributed by atoms with E-state index in [0.717, 1.165) is 30.2 Å². The number of ether oxygens (including phenoxy) is 2. The first-order valence-electron chi connectivity index (χ1n) is 10.5. The molecule has 0 radical (unpaired) electrons. The monoisotopic (exact) mass is 390 g/mol. The number of benzene rings is 2. The van der Waals surface area contributed by atoms with Gasteiger partial charge in [0.1, 0.15) is 18.5 Å². The van der Waals surface area contributed by atoms with Gasteiger partial charge >= 0.3 is 0 Å². The molecule has 5 heterocycles. The van der Waals surface area contributed by atoms with Crippen molar-refractivity contribution in [2.75, 3.05) is 46.1 Å². The van der Waals surface area contributed by atoms with Crippen molar-refractivity contribution in [3.05, 3.63) is 59.7 Å². The van der Waals surface area contributed by atoms with Crippen molar-refractivity contribution in [2.24, 2.45) is 16.1 Å². The van der Waals surface area contributed by atoms with Gasteiger partial charge in [0.2, 0.25) is 6.79 Å². The summed E-state index contributed by atoms with van der Waals surface area (Å²) in [5.74, 6) is 2.09. The Bertz CT molecular complexity index is 972. The standard InChI is InChI=1S/C23H24N4O2/c1-2-4-19(5-3-1)23-14-26-8-9-27(15-23)13-18(12-26)22(23)25-24-11-17-6-7-20-21(10-17)29-16-28-20/h1-7,10-11,18H,8-9,12-16H2/p+2/b24-11-,25-22+. The van der Waals surface area contributed by atoms with Crippen molar-refractivity contribution in [3.8, 4) is 11.5 Å². The summed E-state index contributed by atoms with van der Waals surface area (Å²) in [6, 6.07) is 16.9. The number of hydrogen-bond donors (Lipinski definition) is 2. The van der Waals surface area contributed by atoms with Crippen LogP contribution in [0.3, 0.4) is 0 Å². The maximum Gasteiger partial charge on any atom is 0.231 e. The molecule has 4 fully saturated rings. The lowest BCUT2D eigenvalue weighted by atomic mass is 9.66. The van der Waals surface area contributed by atoms with Crippen LogP contribution in [0.25, 0.3) is 0 Å². The molecule has 29 heavy (non-hydrogen) atoms. The molecular weight excluding hydrogens is 364 g/mol. The van der Waals surface area contributed by atoms with Crippen molar-refractivity contribution in [3.63, 3.8) is 0 Å². The van der Waals surface area contributed by atoms with Gasteiger partial charge in [0.25, 0.3) is 0 Å². The maximum absolute atomic E-state index is 5.48. The quantitative estimate of drug-likeness (QED) is 0.551. The fraction of sp³-hybridized carbons (Fsp3) is 0.391. The molecule has 6 nitrogen and oxygen atoms in total. The maximum atomic E-state index is 5.48. The van der Waals surface area contributed by atoms with Crippen LogP contribution in [0.5, 0.6) is 11.5 Å². The SMILES string of the molecule is C(=N/N=C1\C2C[NH+]3CC[NH+](C2)CC1(c1ccccc1)C3)/c1ccc2c(c1)OCO2. The van der Waals surface area contributed by atoms with E-state index in [9.17, 15) is 0 Å². The van der Waals surface area contributed by atoms with E-state index < -0.39 is 0 Å². The smallest absolute Gasteiger partial charge is 0.231 e. The molecule has 2 unspecified atom stereocenters. The third-order valence-corrected chi connectivity index (χ3v) is 6.98. The Balaban J connectivity index is 1.37. The molecule has 6 heteroatoms. The van der Waals surface area contributed by atoms with Crippen molar-refractivity contribution in [1.82, 2.24) is 0 Å². The Morgan fingerprint density at radius 1 is 0.931 bits per heavy atom. The molecule has 2 aromatic rings. The van der Waals surface area contributed by atoms with Crippen LogP contribution in [0, 0.1) is 5.92 Å². The summed E-state index contributed by atoms with van der Waals surface area (Å²) in [7, 11) is 0. The Kier molecular flexibility index (Phi) is 3.96. The Morgan fingerprint density at radius 2 is 1.69 bits per heavy atom. The van der Waals surface area contributed by atoms with E-state index >= 15 is 0 Å². The average Bonchev–Trinajstić information content (AvgIpc) is 3.08. The van der Waals surface area contributed by atoms with E-state index in [1.807, 2.05) is 24.4 Å². The van der Waals surface area contributed by atoms with Gasteiger partial charge < -0.3 is 19.3 Å². The summed E-state index contributed by atoms with van der Waals surface area (Å²) in [4.78, 5) is 3.45. The summed E-state index contributed by atoms with van der Waals surface area (Å²) in [6.45, 7) is 7.48. The van der Waals surface area contributed by atoms with E-state index in [1.165, 1.54) is 37.5 Å². The van der Waals surface area contributed by atoms with E-state index in [2.05, 4.69) is 35.4 Å². The lowest BCUT2D eigenvalue weighted by Crippen LogP contribution is -3.17. The molecule has 5 aliphatic heterocycles. The second-order valence-corrected chi connectivity index (χ2v) is 8.75. The predicted octanol–water partition coefficient (Wildman–Crippen LogP) is -0.445. The third kappa shape index (κ3) is 2.86. The van der Waals surface area contributed by atoms with Gasteiger partial charge in [-0.3, -0.25) is 0 Å². The van der Waals surface area contributed by atoms with E-state index in [0.29, 0.717) is 5.92 Å². The predicted molar refractivity (Wildman–Crippen MR) is 110 cm³/mol. The Morgan fingerprint density at radius 3 is 2.48 bits per heavy atom. The highest BCUT2D eigenvalue weighted by molar-refractivity contribution is 5.98. The number of nitrogens with zero attached hydrogens (tertiary/aromatic N) is 2. The van der Waals surface area contributed by atoms with Crippen LogP contribution in [0.4, 0.5) is 0 Å². The van der Waals surface area contributed by atoms with Gasteiger partial charge in [-0.25, -0.2) is 0 Å². The highest BCUT2D eigenvalue weighted by Gasteiger charge is 2.58. The zero-order valence-electron chi connectivity index (χ0n) is 16.4. The second kappa shape index (κ2) is 6.68. The van der Waals surface area contributed by atoms with Gasteiger partial charge in [-0.2, -0.15) is 10.2 Å². The number of nitrogens with one attached hydrogen (secondary N) is 2. The lowest BCUT2D eigenvalue weighted by molar-refractivity contribution is -0.918. The van der Waals surface area contributed by atoms with Crippen molar-refractivity contribution in [1.29, 1.82) is 0 Å². The van der Waals surface area contributed by atoms with Crippen molar-refractivity contribution < 1.29 is 19.3 Å². The number of hydrogen-bond acceptors (Lipinski definition) is 4. The first-order valence-corrected chi connectivity index (χ1v) is 10.5.